The average molecular weight is 680 g/mol. The van der Waals surface area contributed by atoms with Crippen LogP contribution in [0.5, 0.6) is 11.5 Å². The number of ether oxygens (including phenoxy) is 1. The van der Waals surface area contributed by atoms with E-state index in [2.05, 4.69) is 168 Å². The Morgan fingerprint density at radius 3 is 2.21 bits per heavy atom. The zero-order valence-electron chi connectivity index (χ0n) is 26.6. The summed E-state index contributed by atoms with van der Waals surface area (Å²) in [6.07, 6.45) is 4.09. The van der Waals surface area contributed by atoms with Crippen LogP contribution >= 0.6 is 0 Å². The first kappa shape index (κ1) is 30.5. The van der Waals surface area contributed by atoms with E-state index in [0.717, 1.165) is 46.1 Å². The van der Waals surface area contributed by atoms with Crippen molar-refractivity contribution in [2.24, 2.45) is 0 Å². The lowest BCUT2D eigenvalue weighted by Gasteiger charge is -2.20. The third-order valence-electron chi connectivity index (χ3n) is 8.72. The molecule has 0 fully saturated rings. The maximum absolute atomic E-state index is 6.57. The standard InChI is InChI=1S/C41H35N4O.BrH/c1-41(2,3)30-22-23-42-40(24-30)45-36-17-8-7-16-34(36)35-21-20-33(26-39(35)45)46-32-15-11-14-31(25-32)44-28-43(27-29-12-5-4-6-13-29)37-18-9-10-19-38(37)44;/h4-26,28H,27H2,1-3H3;1H/q+1;/p-1. The molecule has 0 amide bonds. The highest BCUT2D eigenvalue weighted by Gasteiger charge is 2.20. The largest absolute Gasteiger partial charge is 1.00 e. The highest BCUT2D eigenvalue weighted by atomic mass is 79.9. The van der Waals surface area contributed by atoms with Crippen molar-refractivity contribution >= 4 is 32.8 Å². The van der Waals surface area contributed by atoms with Crippen LogP contribution in [-0.2, 0) is 12.0 Å². The number of hydrogen-bond acceptors (Lipinski definition) is 2. The van der Waals surface area contributed by atoms with Gasteiger partial charge in [0.05, 0.1) is 11.0 Å². The summed E-state index contributed by atoms with van der Waals surface area (Å²) in [4.78, 5) is 4.83. The number of nitrogens with zero attached hydrogens (tertiary/aromatic N) is 4. The molecule has 8 rings (SSSR count). The van der Waals surface area contributed by atoms with Gasteiger partial charge < -0.3 is 21.7 Å². The monoisotopic (exact) mass is 678 g/mol. The molecule has 5 nitrogen and oxygen atoms in total. The van der Waals surface area contributed by atoms with Crippen molar-refractivity contribution in [3.05, 3.63) is 157 Å². The molecular weight excluding hydrogens is 644 g/mol. The van der Waals surface area contributed by atoms with E-state index in [-0.39, 0.29) is 22.4 Å². The third kappa shape index (κ3) is 5.70. The van der Waals surface area contributed by atoms with Gasteiger partial charge in [-0.2, -0.15) is 4.57 Å². The van der Waals surface area contributed by atoms with Crippen LogP contribution in [0.4, 0.5) is 0 Å². The molecule has 232 valence electrons. The van der Waals surface area contributed by atoms with Gasteiger partial charge in [-0.1, -0.05) is 87.5 Å². The Morgan fingerprint density at radius 1 is 0.660 bits per heavy atom. The van der Waals surface area contributed by atoms with Gasteiger partial charge >= 0.3 is 0 Å². The molecular formula is C41H35BrN4O. The Labute approximate surface area is 285 Å². The van der Waals surface area contributed by atoms with Gasteiger partial charge in [-0.05, 0) is 71.1 Å². The van der Waals surface area contributed by atoms with Crippen molar-refractivity contribution in [1.82, 2.24) is 14.1 Å². The summed E-state index contributed by atoms with van der Waals surface area (Å²) in [5.41, 5.74) is 8.08. The number of imidazole rings is 1. The lowest BCUT2D eigenvalue weighted by atomic mass is 9.88. The van der Waals surface area contributed by atoms with E-state index in [1.807, 2.05) is 12.3 Å². The van der Waals surface area contributed by atoms with Crippen molar-refractivity contribution in [2.75, 3.05) is 0 Å². The number of benzene rings is 5. The normalized spacial score (nSPS) is 11.6. The zero-order chi connectivity index (χ0) is 31.3. The van der Waals surface area contributed by atoms with E-state index in [4.69, 9.17) is 9.72 Å². The van der Waals surface area contributed by atoms with Gasteiger partial charge in [-0.15, -0.1) is 0 Å². The molecule has 0 N–H and O–H groups in total. The number of pyridine rings is 1. The smallest absolute Gasteiger partial charge is 0.250 e. The quantitative estimate of drug-likeness (QED) is 0.187. The van der Waals surface area contributed by atoms with Crippen LogP contribution in [0.25, 0.3) is 44.3 Å². The van der Waals surface area contributed by atoms with Crippen LogP contribution in [0.3, 0.4) is 0 Å². The second kappa shape index (κ2) is 12.2. The Hall–Kier alpha value is -5.20. The van der Waals surface area contributed by atoms with Crippen LogP contribution in [0, 0.1) is 0 Å². The number of rotatable bonds is 6. The fourth-order valence-electron chi connectivity index (χ4n) is 6.39. The third-order valence-corrected chi connectivity index (χ3v) is 8.72. The maximum atomic E-state index is 6.57. The summed E-state index contributed by atoms with van der Waals surface area (Å²) in [5.74, 6) is 2.46. The predicted molar refractivity (Wildman–Crippen MR) is 186 cm³/mol. The molecule has 0 spiro atoms. The van der Waals surface area contributed by atoms with Gasteiger partial charge in [0, 0.05) is 29.1 Å². The number of fused-ring (bicyclic) bond motifs is 4. The van der Waals surface area contributed by atoms with Crippen LogP contribution in [0.15, 0.2) is 146 Å². The molecule has 0 saturated carbocycles. The molecule has 3 heterocycles. The fourth-order valence-corrected chi connectivity index (χ4v) is 6.39. The van der Waals surface area contributed by atoms with Gasteiger partial charge in [-0.25, -0.2) is 9.55 Å². The number of hydrogen-bond donors (Lipinski definition) is 0. The van der Waals surface area contributed by atoms with E-state index in [9.17, 15) is 0 Å². The average Bonchev–Trinajstić information content (AvgIpc) is 3.60. The molecule has 0 saturated heterocycles. The van der Waals surface area contributed by atoms with E-state index >= 15 is 0 Å². The Kier molecular flexibility index (Phi) is 7.90. The van der Waals surface area contributed by atoms with Gasteiger partial charge in [0.15, 0.2) is 11.0 Å². The SMILES string of the molecule is CC(C)(C)c1ccnc(-n2c3ccccc3c3ccc(Oc4cccc(-n5c[n+](Cc6ccccc6)c6ccccc65)c4)cc32)c1.[Br-]. The first-order chi connectivity index (χ1) is 22.4. The summed E-state index contributed by atoms with van der Waals surface area (Å²) in [5, 5.41) is 2.36. The molecule has 5 aromatic carbocycles. The predicted octanol–water partition coefficient (Wildman–Crippen LogP) is 6.55. The number of halogens is 1. The topological polar surface area (TPSA) is 35.9 Å². The van der Waals surface area contributed by atoms with E-state index < -0.39 is 0 Å². The minimum absolute atomic E-state index is 0. The number of aromatic nitrogens is 4. The van der Waals surface area contributed by atoms with Crippen LogP contribution in [-0.4, -0.2) is 14.1 Å². The van der Waals surface area contributed by atoms with Crippen molar-refractivity contribution in [1.29, 1.82) is 0 Å². The second-order valence-corrected chi connectivity index (χ2v) is 12.9. The lowest BCUT2D eigenvalue weighted by Crippen LogP contribution is -3.00. The second-order valence-electron chi connectivity index (χ2n) is 12.9. The molecule has 0 aliphatic carbocycles. The van der Waals surface area contributed by atoms with Crippen LogP contribution < -0.4 is 26.3 Å². The Bertz CT molecular complexity index is 2370. The van der Waals surface area contributed by atoms with E-state index in [1.54, 1.807) is 0 Å². The number of para-hydroxylation sites is 3. The van der Waals surface area contributed by atoms with Crippen molar-refractivity contribution in [2.45, 2.75) is 32.7 Å². The van der Waals surface area contributed by atoms with E-state index in [0.29, 0.717) is 0 Å². The van der Waals surface area contributed by atoms with Gasteiger partial charge in [0.1, 0.15) is 29.5 Å². The van der Waals surface area contributed by atoms with Gasteiger partial charge in [0.2, 0.25) is 6.33 Å². The van der Waals surface area contributed by atoms with Crippen molar-refractivity contribution in [3.63, 3.8) is 0 Å². The summed E-state index contributed by atoms with van der Waals surface area (Å²) >= 11 is 0. The molecule has 6 heteroatoms. The molecule has 3 aromatic heterocycles. The Balaban J connectivity index is 0.00000351. The summed E-state index contributed by atoms with van der Waals surface area (Å²) in [6, 6.07) is 46.6. The molecule has 0 aliphatic heterocycles. The van der Waals surface area contributed by atoms with Crippen LogP contribution in [0.1, 0.15) is 31.9 Å². The maximum Gasteiger partial charge on any atom is 0.250 e. The first-order valence-corrected chi connectivity index (χ1v) is 15.7. The summed E-state index contributed by atoms with van der Waals surface area (Å²) < 4.78 is 13.4. The molecule has 8 aromatic rings. The fraction of sp³-hybridized carbons (Fsp3) is 0.122. The summed E-state index contributed by atoms with van der Waals surface area (Å²) in [7, 11) is 0. The molecule has 0 aliphatic rings. The highest BCUT2D eigenvalue weighted by Crippen LogP contribution is 2.36. The van der Waals surface area contributed by atoms with Gasteiger partial charge in [0.25, 0.3) is 0 Å². The minimum atomic E-state index is 0. The highest BCUT2D eigenvalue weighted by molar-refractivity contribution is 6.09. The molecule has 0 atom stereocenters. The first-order valence-electron chi connectivity index (χ1n) is 15.7. The van der Waals surface area contributed by atoms with E-state index in [1.165, 1.54) is 27.4 Å². The Morgan fingerprint density at radius 2 is 1.38 bits per heavy atom. The molecule has 0 bridgehead atoms. The minimum Gasteiger partial charge on any atom is -1.00 e. The lowest BCUT2D eigenvalue weighted by molar-refractivity contribution is -0.662. The van der Waals surface area contributed by atoms with Crippen molar-refractivity contribution < 1.29 is 26.3 Å². The molecule has 0 radical (unpaired) electrons. The van der Waals surface area contributed by atoms with Crippen LogP contribution in [0.2, 0.25) is 0 Å². The van der Waals surface area contributed by atoms with Crippen molar-refractivity contribution in [3.8, 4) is 23.0 Å². The molecule has 47 heavy (non-hydrogen) atoms. The zero-order valence-corrected chi connectivity index (χ0v) is 28.2. The molecule has 0 unspecified atom stereocenters. The summed E-state index contributed by atoms with van der Waals surface area (Å²) in [6.45, 7) is 7.50. The van der Waals surface area contributed by atoms with Gasteiger partial charge in [-0.3, -0.25) is 4.57 Å².